The van der Waals surface area contributed by atoms with Crippen LogP contribution < -0.4 is 14.4 Å². The zero-order valence-electron chi connectivity index (χ0n) is 11.3. The van der Waals surface area contributed by atoms with Crippen LogP contribution in [-0.4, -0.2) is 25.2 Å². The van der Waals surface area contributed by atoms with Crippen molar-refractivity contribution in [3.63, 3.8) is 0 Å². The fourth-order valence-corrected chi connectivity index (χ4v) is 3.22. The van der Waals surface area contributed by atoms with Crippen LogP contribution in [0.3, 0.4) is 0 Å². The number of benzene rings is 1. The summed E-state index contributed by atoms with van der Waals surface area (Å²) in [5.41, 5.74) is 1.30. The summed E-state index contributed by atoms with van der Waals surface area (Å²) in [4.78, 5) is 6.33. The summed E-state index contributed by atoms with van der Waals surface area (Å²) in [5, 5.41) is 9.69. The molecule has 2 heterocycles. The number of hydrogen-bond donors (Lipinski definition) is 0. The average Bonchev–Trinajstić information content (AvgIpc) is 2.75. The number of nitriles is 1. The molecule has 0 aliphatic carbocycles. The number of rotatable bonds is 2. The van der Waals surface area contributed by atoms with Gasteiger partial charge in [0.25, 0.3) is 0 Å². The highest BCUT2D eigenvalue weighted by molar-refractivity contribution is 7.19. The quantitative estimate of drug-likeness (QED) is 0.850. The standard InChI is InChI=1S/C14H12ClN3O2S/c1-19-10-2-3-12-9(6-10)8-18(4-5-20-12)14-17-11(7-16)13(15)21-14/h2-3,6H,4-5,8H2,1H3. The van der Waals surface area contributed by atoms with Crippen LogP contribution in [0, 0.1) is 11.3 Å². The van der Waals surface area contributed by atoms with Crippen LogP contribution in [0.25, 0.3) is 0 Å². The Hall–Kier alpha value is -1.97. The first-order chi connectivity index (χ1) is 10.2. The van der Waals surface area contributed by atoms with E-state index < -0.39 is 0 Å². The Kier molecular flexibility index (Phi) is 3.86. The number of fused-ring (bicyclic) bond motifs is 1. The highest BCUT2D eigenvalue weighted by Gasteiger charge is 2.20. The van der Waals surface area contributed by atoms with Gasteiger partial charge in [-0.1, -0.05) is 22.9 Å². The van der Waals surface area contributed by atoms with Gasteiger partial charge in [0.2, 0.25) is 0 Å². The minimum atomic E-state index is 0.271. The molecular weight excluding hydrogens is 310 g/mol. The maximum absolute atomic E-state index is 8.96. The molecule has 1 aliphatic rings. The largest absolute Gasteiger partial charge is 0.497 e. The molecule has 0 radical (unpaired) electrons. The normalized spacial score (nSPS) is 13.9. The summed E-state index contributed by atoms with van der Waals surface area (Å²) < 4.78 is 11.4. The summed E-state index contributed by atoms with van der Waals surface area (Å²) in [7, 11) is 1.64. The first-order valence-corrected chi connectivity index (χ1v) is 7.52. The summed E-state index contributed by atoms with van der Waals surface area (Å²) in [6.07, 6.45) is 0. The van der Waals surface area contributed by atoms with Gasteiger partial charge in [0.1, 0.15) is 28.5 Å². The molecule has 1 aromatic heterocycles. The second-order valence-electron chi connectivity index (χ2n) is 4.47. The molecule has 0 N–H and O–H groups in total. The van der Waals surface area contributed by atoms with Crippen LogP contribution in [0.5, 0.6) is 11.5 Å². The lowest BCUT2D eigenvalue weighted by Gasteiger charge is -2.18. The molecule has 0 unspecified atom stereocenters. The number of thiazole rings is 1. The average molecular weight is 322 g/mol. The van der Waals surface area contributed by atoms with Crippen LogP contribution in [0.2, 0.25) is 4.34 Å². The molecule has 0 saturated heterocycles. The topological polar surface area (TPSA) is 58.4 Å². The number of anilines is 1. The minimum absolute atomic E-state index is 0.271. The highest BCUT2D eigenvalue weighted by Crippen LogP contribution is 2.34. The fourth-order valence-electron chi connectivity index (χ4n) is 2.16. The van der Waals surface area contributed by atoms with Crippen molar-refractivity contribution in [3.8, 4) is 17.6 Å². The van der Waals surface area contributed by atoms with Gasteiger partial charge < -0.3 is 14.4 Å². The van der Waals surface area contributed by atoms with Gasteiger partial charge in [-0.2, -0.15) is 5.26 Å². The van der Waals surface area contributed by atoms with Gasteiger partial charge >= 0.3 is 0 Å². The molecule has 7 heteroatoms. The van der Waals surface area contributed by atoms with Gasteiger partial charge in [0.15, 0.2) is 10.8 Å². The van der Waals surface area contributed by atoms with E-state index in [0.717, 1.165) is 22.2 Å². The van der Waals surface area contributed by atoms with Gasteiger partial charge in [0, 0.05) is 12.1 Å². The summed E-state index contributed by atoms with van der Waals surface area (Å²) in [5.74, 6) is 1.63. The predicted molar refractivity (Wildman–Crippen MR) is 81.4 cm³/mol. The Morgan fingerprint density at radius 3 is 3.10 bits per heavy atom. The number of ether oxygens (including phenoxy) is 2. The van der Waals surface area contributed by atoms with Gasteiger partial charge in [-0.05, 0) is 18.2 Å². The molecule has 2 aromatic rings. The molecular formula is C14H12ClN3O2S. The van der Waals surface area contributed by atoms with Crippen molar-refractivity contribution in [3.05, 3.63) is 33.8 Å². The zero-order chi connectivity index (χ0) is 14.8. The molecule has 0 fully saturated rings. The molecule has 0 atom stereocenters. The third-order valence-corrected chi connectivity index (χ3v) is 4.51. The molecule has 0 amide bonds. The molecule has 0 bridgehead atoms. The Labute approximate surface area is 131 Å². The molecule has 108 valence electrons. The van der Waals surface area contributed by atoms with Crippen molar-refractivity contribution in [2.75, 3.05) is 25.2 Å². The van der Waals surface area contributed by atoms with E-state index >= 15 is 0 Å². The van der Waals surface area contributed by atoms with Gasteiger partial charge in [-0.15, -0.1) is 0 Å². The number of aromatic nitrogens is 1. The van der Waals surface area contributed by atoms with Crippen molar-refractivity contribution in [1.29, 1.82) is 5.26 Å². The van der Waals surface area contributed by atoms with Gasteiger partial charge in [-0.25, -0.2) is 4.98 Å². The lowest BCUT2D eigenvalue weighted by atomic mass is 10.2. The zero-order valence-corrected chi connectivity index (χ0v) is 12.9. The molecule has 1 aromatic carbocycles. The van der Waals surface area contributed by atoms with Gasteiger partial charge in [0.05, 0.1) is 13.7 Å². The fraction of sp³-hybridized carbons (Fsp3) is 0.286. The Morgan fingerprint density at radius 2 is 2.38 bits per heavy atom. The van der Waals surface area contributed by atoms with E-state index in [-0.39, 0.29) is 5.69 Å². The van der Waals surface area contributed by atoms with Gasteiger partial charge in [-0.3, -0.25) is 0 Å². The lowest BCUT2D eigenvalue weighted by molar-refractivity contribution is 0.330. The molecule has 3 rings (SSSR count). The predicted octanol–water partition coefficient (Wildman–Crippen LogP) is 3.08. The van der Waals surface area contributed by atoms with Crippen LogP contribution in [0.15, 0.2) is 18.2 Å². The van der Waals surface area contributed by atoms with E-state index in [1.165, 1.54) is 11.3 Å². The second kappa shape index (κ2) is 5.80. The number of nitrogens with zero attached hydrogens (tertiary/aromatic N) is 3. The number of methoxy groups -OCH3 is 1. The number of hydrogen-bond acceptors (Lipinski definition) is 6. The van der Waals surface area contributed by atoms with Crippen molar-refractivity contribution >= 4 is 28.1 Å². The Bertz CT molecular complexity index is 711. The third-order valence-electron chi connectivity index (χ3n) is 3.20. The van der Waals surface area contributed by atoms with Crippen molar-refractivity contribution in [1.82, 2.24) is 4.98 Å². The minimum Gasteiger partial charge on any atom is -0.497 e. The molecule has 0 saturated carbocycles. The van der Waals surface area contributed by atoms with E-state index in [4.69, 9.17) is 26.3 Å². The second-order valence-corrected chi connectivity index (χ2v) is 6.05. The van der Waals surface area contributed by atoms with Crippen LogP contribution in [0.1, 0.15) is 11.3 Å². The molecule has 21 heavy (non-hydrogen) atoms. The van der Waals surface area contributed by atoms with E-state index in [0.29, 0.717) is 24.0 Å². The van der Waals surface area contributed by atoms with E-state index in [2.05, 4.69) is 9.88 Å². The monoisotopic (exact) mass is 321 g/mol. The molecule has 5 nitrogen and oxygen atoms in total. The van der Waals surface area contributed by atoms with Crippen LogP contribution >= 0.6 is 22.9 Å². The third kappa shape index (κ3) is 2.75. The summed E-state index contributed by atoms with van der Waals surface area (Å²) in [6, 6.07) is 7.74. The maximum Gasteiger partial charge on any atom is 0.188 e. The lowest BCUT2D eigenvalue weighted by Crippen LogP contribution is -2.25. The van der Waals surface area contributed by atoms with Crippen molar-refractivity contribution in [2.45, 2.75) is 6.54 Å². The molecule has 1 aliphatic heterocycles. The van der Waals surface area contributed by atoms with E-state index in [9.17, 15) is 0 Å². The SMILES string of the molecule is COc1ccc2c(c1)CN(c1nc(C#N)c(Cl)s1)CCO2. The Balaban J connectivity index is 1.92. The first kappa shape index (κ1) is 14.0. The van der Waals surface area contributed by atoms with Crippen molar-refractivity contribution in [2.24, 2.45) is 0 Å². The smallest absolute Gasteiger partial charge is 0.188 e. The molecule has 0 spiro atoms. The van der Waals surface area contributed by atoms with Crippen LogP contribution in [-0.2, 0) is 6.54 Å². The highest BCUT2D eigenvalue weighted by atomic mass is 35.5. The summed E-state index contributed by atoms with van der Waals surface area (Å²) in [6.45, 7) is 1.88. The first-order valence-electron chi connectivity index (χ1n) is 6.32. The van der Waals surface area contributed by atoms with E-state index in [1.54, 1.807) is 7.11 Å². The summed E-state index contributed by atoms with van der Waals surface area (Å²) >= 11 is 7.32. The van der Waals surface area contributed by atoms with E-state index in [1.807, 2.05) is 24.3 Å². The van der Waals surface area contributed by atoms with Crippen LogP contribution in [0.4, 0.5) is 5.13 Å². The number of halogens is 1. The maximum atomic E-state index is 8.96. The Morgan fingerprint density at radius 1 is 1.52 bits per heavy atom. The van der Waals surface area contributed by atoms with Crippen molar-refractivity contribution < 1.29 is 9.47 Å².